The Morgan fingerprint density at radius 2 is 1.75 bits per heavy atom. The molecule has 3 aromatic rings. The number of carbonyl (C=O) groups is 1. The van der Waals surface area contributed by atoms with Gasteiger partial charge in [-0.2, -0.15) is 0 Å². The van der Waals surface area contributed by atoms with E-state index >= 15 is 0 Å². The van der Waals surface area contributed by atoms with E-state index in [1.165, 1.54) is 11.3 Å². The van der Waals surface area contributed by atoms with Crippen molar-refractivity contribution in [3.63, 3.8) is 0 Å². The fraction of sp³-hybridized carbons (Fsp3) is 0.296. The summed E-state index contributed by atoms with van der Waals surface area (Å²) in [6, 6.07) is 12.7. The van der Waals surface area contributed by atoms with Gasteiger partial charge >= 0.3 is 5.97 Å². The van der Waals surface area contributed by atoms with Crippen LogP contribution in [0, 0.1) is 3.57 Å². The molecule has 2 aromatic carbocycles. The van der Waals surface area contributed by atoms with Crippen molar-refractivity contribution in [3.8, 4) is 11.5 Å². The first-order valence-corrected chi connectivity index (χ1v) is 13.6. The summed E-state index contributed by atoms with van der Waals surface area (Å²) in [5, 5.41) is 0. The number of benzene rings is 2. The highest BCUT2D eigenvalue weighted by molar-refractivity contribution is 14.1. The van der Waals surface area contributed by atoms with Crippen molar-refractivity contribution in [1.82, 2.24) is 4.57 Å². The Morgan fingerprint density at radius 1 is 1.06 bits per heavy atom. The van der Waals surface area contributed by atoms with Crippen molar-refractivity contribution < 1.29 is 19.0 Å². The minimum atomic E-state index is -0.714. The Hall–Kier alpha value is -2.92. The van der Waals surface area contributed by atoms with Gasteiger partial charge in [0.2, 0.25) is 0 Å². The zero-order valence-corrected chi connectivity index (χ0v) is 23.5. The van der Waals surface area contributed by atoms with Gasteiger partial charge in [-0.3, -0.25) is 9.36 Å². The first kappa shape index (κ1) is 26.2. The third-order valence-corrected chi connectivity index (χ3v) is 7.27. The van der Waals surface area contributed by atoms with Gasteiger partial charge in [0.25, 0.3) is 5.56 Å². The van der Waals surface area contributed by atoms with Crippen LogP contribution in [0.4, 0.5) is 0 Å². The van der Waals surface area contributed by atoms with Gasteiger partial charge < -0.3 is 14.2 Å². The van der Waals surface area contributed by atoms with E-state index in [1.54, 1.807) is 18.4 Å². The molecular weight excluding hydrogens is 591 g/mol. The molecule has 0 saturated carbocycles. The topological polar surface area (TPSA) is 79.1 Å². The molecule has 0 amide bonds. The highest BCUT2D eigenvalue weighted by Gasteiger charge is 2.34. The number of thiazole rings is 1. The fourth-order valence-corrected chi connectivity index (χ4v) is 5.46. The van der Waals surface area contributed by atoms with Crippen LogP contribution in [0.3, 0.4) is 0 Å². The molecule has 0 radical (unpaired) electrons. The van der Waals surface area contributed by atoms with Crippen molar-refractivity contribution in [3.05, 3.63) is 88.1 Å². The molecule has 2 heterocycles. The van der Waals surface area contributed by atoms with Crippen molar-refractivity contribution >= 4 is 46.0 Å². The second kappa shape index (κ2) is 11.4. The van der Waals surface area contributed by atoms with Crippen LogP contribution in [0.15, 0.2) is 63.5 Å². The smallest absolute Gasteiger partial charge is 0.338 e. The lowest BCUT2D eigenvalue weighted by atomic mass is 9.95. The standard InChI is InChI=1S/C27H27IN2O5S/c1-5-33-20-13-10-18(15-21(20)34-6-2)24-23(26(32)35-7-3)16(4)29-27-30(24)25(31)22(36-27)14-17-8-11-19(28)12-9-17/h8-15,24H,5-7H2,1-4H3/b22-14-/t24-/m0/s1. The summed E-state index contributed by atoms with van der Waals surface area (Å²) in [6.07, 6.45) is 1.85. The molecule has 9 heteroatoms. The fourth-order valence-electron chi connectivity index (χ4n) is 4.06. The van der Waals surface area contributed by atoms with E-state index in [2.05, 4.69) is 27.6 Å². The molecule has 0 bridgehead atoms. The van der Waals surface area contributed by atoms with Crippen molar-refractivity contribution in [2.24, 2.45) is 4.99 Å². The van der Waals surface area contributed by atoms with Crippen LogP contribution >= 0.6 is 33.9 Å². The van der Waals surface area contributed by atoms with Crippen molar-refractivity contribution in [2.45, 2.75) is 33.7 Å². The predicted molar refractivity (Wildman–Crippen MR) is 148 cm³/mol. The van der Waals surface area contributed by atoms with Gasteiger partial charge in [0, 0.05) is 3.57 Å². The number of ether oxygens (including phenoxy) is 3. The van der Waals surface area contributed by atoms with E-state index in [-0.39, 0.29) is 12.2 Å². The number of esters is 1. The highest BCUT2D eigenvalue weighted by atomic mass is 127. The van der Waals surface area contributed by atoms with Crippen LogP contribution in [-0.4, -0.2) is 30.4 Å². The quantitative estimate of drug-likeness (QED) is 0.280. The molecule has 1 atom stereocenters. The number of hydrogen-bond donors (Lipinski definition) is 0. The molecule has 188 valence electrons. The Kier molecular flexibility index (Phi) is 8.30. The Morgan fingerprint density at radius 3 is 2.42 bits per heavy atom. The summed E-state index contributed by atoms with van der Waals surface area (Å²) in [5.41, 5.74) is 2.26. The molecule has 0 saturated heterocycles. The van der Waals surface area contributed by atoms with Gasteiger partial charge in [0.05, 0.1) is 41.7 Å². The largest absolute Gasteiger partial charge is 0.490 e. The molecule has 0 fully saturated rings. The number of hydrogen-bond acceptors (Lipinski definition) is 7. The Bertz CT molecular complexity index is 1490. The van der Waals surface area contributed by atoms with E-state index < -0.39 is 12.0 Å². The number of fused-ring (bicyclic) bond motifs is 1. The SMILES string of the molecule is CCOC(=O)C1=C(C)N=c2s/c(=C\c3ccc(I)cc3)c(=O)n2[C@H]1c1ccc(OCC)c(OCC)c1. The molecule has 0 aliphatic carbocycles. The minimum Gasteiger partial charge on any atom is -0.490 e. The van der Waals surface area contributed by atoms with Gasteiger partial charge in [-0.15, -0.1) is 0 Å². The number of allylic oxidation sites excluding steroid dienone is 1. The Balaban J connectivity index is 1.94. The molecule has 0 N–H and O–H groups in total. The summed E-state index contributed by atoms with van der Waals surface area (Å²) in [4.78, 5) is 32.0. The molecule has 1 aromatic heterocycles. The second-order valence-electron chi connectivity index (χ2n) is 7.93. The first-order chi connectivity index (χ1) is 17.4. The first-order valence-electron chi connectivity index (χ1n) is 11.7. The van der Waals surface area contributed by atoms with Gasteiger partial charge in [-0.05, 0) is 91.8 Å². The van der Waals surface area contributed by atoms with E-state index in [0.29, 0.717) is 50.9 Å². The lowest BCUT2D eigenvalue weighted by Gasteiger charge is -2.25. The molecular formula is C27H27IN2O5S. The molecule has 4 rings (SSSR count). The van der Waals surface area contributed by atoms with Crippen LogP contribution in [0.1, 0.15) is 44.9 Å². The normalized spacial score (nSPS) is 15.4. The summed E-state index contributed by atoms with van der Waals surface area (Å²) in [6.45, 7) is 8.47. The van der Waals surface area contributed by atoms with Crippen molar-refractivity contribution in [1.29, 1.82) is 0 Å². The van der Waals surface area contributed by atoms with Crippen molar-refractivity contribution in [2.75, 3.05) is 19.8 Å². The van der Waals surface area contributed by atoms with Gasteiger partial charge in [0.1, 0.15) is 0 Å². The van der Waals surface area contributed by atoms with Gasteiger partial charge in [0.15, 0.2) is 16.3 Å². The number of nitrogens with zero attached hydrogens (tertiary/aromatic N) is 2. The third-order valence-electron chi connectivity index (χ3n) is 5.57. The molecule has 1 aliphatic heterocycles. The number of aromatic nitrogens is 1. The number of carbonyl (C=O) groups excluding carboxylic acids is 1. The van der Waals surface area contributed by atoms with Crippen LogP contribution in [0.2, 0.25) is 0 Å². The van der Waals surface area contributed by atoms with E-state index in [1.807, 2.05) is 62.4 Å². The molecule has 36 heavy (non-hydrogen) atoms. The second-order valence-corrected chi connectivity index (χ2v) is 10.2. The zero-order chi connectivity index (χ0) is 25.8. The summed E-state index contributed by atoms with van der Waals surface area (Å²) < 4.78 is 20.2. The van der Waals surface area contributed by atoms with E-state index in [9.17, 15) is 9.59 Å². The maximum Gasteiger partial charge on any atom is 0.338 e. The molecule has 0 unspecified atom stereocenters. The molecule has 7 nitrogen and oxygen atoms in total. The summed E-state index contributed by atoms with van der Waals surface area (Å²) in [7, 11) is 0. The maximum atomic E-state index is 13.7. The van der Waals surface area contributed by atoms with Gasteiger partial charge in [-0.25, -0.2) is 9.79 Å². The number of halogens is 1. The van der Waals surface area contributed by atoms with E-state index in [4.69, 9.17) is 14.2 Å². The average molecular weight is 618 g/mol. The van der Waals surface area contributed by atoms with Crippen LogP contribution in [-0.2, 0) is 9.53 Å². The summed E-state index contributed by atoms with van der Waals surface area (Å²) in [5.74, 6) is 0.658. The highest BCUT2D eigenvalue weighted by Crippen LogP contribution is 2.36. The Labute approximate surface area is 226 Å². The molecule has 0 spiro atoms. The van der Waals surface area contributed by atoms with Crippen LogP contribution in [0.5, 0.6) is 11.5 Å². The lowest BCUT2D eigenvalue weighted by Crippen LogP contribution is -2.40. The average Bonchev–Trinajstić information content (AvgIpc) is 3.15. The maximum absolute atomic E-state index is 13.7. The van der Waals surface area contributed by atoms with Crippen LogP contribution in [0.25, 0.3) is 6.08 Å². The lowest BCUT2D eigenvalue weighted by molar-refractivity contribution is -0.139. The van der Waals surface area contributed by atoms with E-state index in [0.717, 1.165) is 9.13 Å². The number of rotatable bonds is 8. The van der Waals surface area contributed by atoms with Gasteiger partial charge in [-0.1, -0.05) is 29.5 Å². The molecule has 1 aliphatic rings. The summed E-state index contributed by atoms with van der Waals surface area (Å²) >= 11 is 3.55. The zero-order valence-electron chi connectivity index (χ0n) is 20.5. The predicted octanol–water partition coefficient (Wildman–Crippen LogP) is 4.20. The van der Waals surface area contributed by atoms with Crippen LogP contribution < -0.4 is 24.4 Å². The minimum absolute atomic E-state index is 0.215. The third kappa shape index (κ3) is 5.27. The monoisotopic (exact) mass is 618 g/mol.